The number of methoxy groups -OCH3 is 1. The zero-order chi connectivity index (χ0) is 16.0. The van der Waals surface area contributed by atoms with Crippen LogP contribution in [0.5, 0.6) is 5.75 Å². The van der Waals surface area contributed by atoms with Crippen molar-refractivity contribution in [3.8, 4) is 17.6 Å². The third-order valence-corrected chi connectivity index (χ3v) is 2.47. The van der Waals surface area contributed by atoms with E-state index in [1.165, 1.54) is 12.1 Å². The maximum absolute atomic E-state index is 11.1. The minimum Gasteiger partial charge on any atom is -0.437 e. The molecule has 0 amide bonds. The van der Waals surface area contributed by atoms with E-state index in [0.29, 0.717) is 12.1 Å². The molecule has 0 aromatic heterocycles. The fourth-order valence-corrected chi connectivity index (χ4v) is 1.46. The van der Waals surface area contributed by atoms with Crippen molar-refractivity contribution in [3.05, 3.63) is 33.4 Å². The van der Waals surface area contributed by atoms with Gasteiger partial charge < -0.3 is 9.47 Å². The molecular formula is C14H16N2O5. The highest BCUT2D eigenvalue weighted by Crippen LogP contribution is 2.28. The minimum atomic E-state index is -0.932. The van der Waals surface area contributed by atoms with Crippen molar-refractivity contribution in [2.75, 3.05) is 27.7 Å². The molecule has 7 nitrogen and oxygen atoms in total. The molecule has 1 aromatic rings. The van der Waals surface area contributed by atoms with Crippen LogP contribution in [-0.2, 0) is 4.74 Å². The number of ether oxygens (including phenoxy) is 2. The molecular weight excluding hydrogens is 276 g/mol. The van der Waals surface area contributed by atoms with Gasteiger partial charge in [0.05, 0.1) is 24.6 Å². The number of hydrogen-bond donors (Lipinski definition) is 0. The van der Waals surface area contributed by atoms with Crippen LogP contribution in [0, 0.1) is 28.9 Å². The van der Waals surface area contributed by atoms with E-state index < -0.39 is 11.1 Å². The molecule has 1 aromatic carbocycles. The molecule has 0 atom stereocenters. The summed E-state index contributed by atoms with van der Waals surface area (Å²) >= 11 is 0. The predicted octanol–water partition coefficient (Wildman–Crippen LogP) is 1.96. The highest BCUT2D eigenvalue weighted by Gasteiger charge is 2.18. The summed E-state index contributed by atoms with van der Waals surface area (Å²) in [5.41, 5.74) is 0.613. The lowest BCUT2D eigenvalue weighted by atomic mass is 10.1. The van der Waals surface area contributed by atoms with Crippen molar-refractivity contribution in [3.63, 3.8) is 0 Å². The summed E-state index contributed by atoms with van der Waals surface area (Å²) in [4.78, 5) is 23.5. The molecule has 0 aliphatic rings. The zero-order valence-corrected chi connectivity index (χ0v) is 12.3. The van der Waals surface area contributed by atoms with Gasteiger partial charge in [0.25, 0.3) is 5.69 Å². The van der Waals surface area contributed by atoms with Crippen LogP contribution in [0.1, 0.15) is 11.1 Å². The van der Waals surface area contributed by atoms with Gasteiger partial charge in [-0.05, 0) is 32.6 Å². The molecule has 0 saturated carbocycles. The van der Waals surface area contributed by atoms with Crippen LogP contribution in [0.15, 0.2) is 12.1 Å². The maximum atomic E-state index is 11.1. The quantitative estimate of drug-likeness (QED) is 0.278. The van der Waals surface area contributed by atoms with Gasteiger partial charge in [-0.3, -0.25) is 15.0 Å². The van der Waals surface area contributed by atoms with Crippen molar-refractivity contribution in [1.29, 1.82) is 0 Å². The molecule has 112 valence electrons. The predicted molar refractivity (Wildman–Crippen MR) is 76.3 cm³/mol. The summed E-state index contributed by atoms with van der Waals surface area (Å²) in [6.07, 6.45) is -0.932. The molecule has 0 bridgehead atoms. The molecule has 21 heavy (non-hydrogen) atoms. The Morgan fingerprint density at radius 2 is 2.10 bits per heavy atom. The molecule has 7 heteroatoms. The normalized spacial score (nSPS) is 9.76. The maximum Gasteiger partial charge on any atom is 0.513 e. The number of nitrogens with zero attached hydrogens (tertiary/aromatic N) is 2. The van der Waals surface area contributed by atoms with Gasteiger partial charge in [0.15, 0.2) is 0 Å². The Labute approximate surface area is 122 Å². The Kier molecular flexibility index (Phi) is 5.69. The van der Waals surface area contributed by atoms with Gasteiger partial charge in [0.1, 0.15) is 11.3 Å². The Hall–Kier alpha value is -2.59. The van der Waals surface area contributed by atoms with Crippen LogP contribution in [0.25, 0.3) is 0 Å². The third-order valence-electron chi connectivity index (χ3n) is 2.47. The average Bonchev–Trinajstić information content (AvgIpc) is 2.40. The summed E-state index contributed by atoms with van der Waals surface area (Å²) in [6.45, 7) is 2.15. The first kappa shape index (κ1) is 16.5. The Morgan fingerprint density at radius 3 is 2.62 bits per heavy atom. The van der Waals surface area contributed by atoms with Crippen LogP contribution in [0.3, 0.4) is 0 Å². The van der Waals surface area contributed by atoms with Gasteiger partial charge in [-0.1, -0.05) is 11.8 Å². The summed E-state index contributed by atoms with van der Waals surface area (Å²) in [5, 5.41) is 11.1. The lowest BCUT2D eigenvalue weighted by molar-refractivity contribution is -0.385. The number of rotatable bonds is 3. The number of nitro benzene ring substituents is 1. The fourth-order valence-electron chi connectivity index (χ4n) is 1.46. The Bertz CT molecular complexity index is 614. The molecule has 0 heterocycles. The van der Waals surface area contributed by atoms with E-state index in [1.54, 1.807) is 6.92 Å². The molecule has 0 radical (unpaired) electrons. The van der Waals surface area contributed by atoms with Gasteiger partial charge >= 0.3 is 6.16 Å². The van der Waals surface area contributed by atoms with Crippen molar-refractivity contribution in [1.82, 2.24) is 4.90 Å². The smallest absolute Gasteiger partial charge is 0.437 e. The Balaban J connectivity index is 3.20. The van der Waals surface area contributed by atoms with Gasteiger partial charge in [-0.2, -0.15) is 0 Å². The lowest BCUT2D eigenvalue weighted by Crippen LogP contribution is -2.11. The summed E-state index contributed by atoms with van der Waals surface area (Å²) in [7, 11) is 4.86. The largest absolute Gasteiger partial charge is 0.513 e. The first-order valence-corrected chi connectivity index (χ1v) is 6.03. The van der Waals surface area contributed by atoms with Gasteiger partial charge in [0.2, 0.25) is 0 Å². The minimum absolute atomic E-state index is 0.0757. The zero-order valence-electron chi connectivity index (χ0n) is 12.3. The molecule has 0 fully saturated rings. The first-order chi connectivity index (χ1) is 9.85. The molecule has 0 spiro atoms. The lowest BCUT2D eigenvalue weighted by Gasteiger charge is -2.07. The van der Waals surface area contributed by atoms with Crippen molar-refractivity contribution in [2.45, 2.75) is 6.92 Å². The van der Waals surface area contributed by atoms with E-state index in [-0.39, 0.29) is 17.0 Å². The highest BCUT2D eigenvalue weighted by atomic mass is 16.7. The van der Waals surface area contributed by atoms with Crippen molar-refractivity contribution < 1.29 is 19.2 Å². The van der Waals surface area contributed by atoms with E-state index in [9.17, 15) is 14.9 Å². The van der Waals surface area contributed by atoms with Gasteiger partial charge in [0, 0.05) is 0 Å². The van der Waals surface area contributed by atoms with Crippen LogP contribution < -0.4 is 4.74 Å². The molecule has 0 aliphatic heterocycles. The Morgan fingerprint density at radius 1 is 1.43 bits per heavy atom. The fraction of sp³-hybridized carbons (Fsp3) is 0.357. The van der Waals surface area contributed by atoms with Crippen molar-refractivity contribution in [2.24, 2.45) is 0 Å². The second-order valence-corrected chi connectivity index (χ2v) is 4.49. The van der Waals surface area contributed by atoms with Gasteiger partial charge in [-0.15, -0.1) is 0 Å². The monoisotopic (exact) mass is 292 g/mol. The summed E-state index contributed by atoms with van der Waals surface area (Å²) < 4.78 is 9.23. The number of carbonyl (C=O) groups is 1. The SMILES string of the molecule is COC(=O)Oc1cc([N+](=O)[O-])c(C#CCN(C)C)cc1C. The highest BCUT2D eigenvalue weighted by molar-refractivity contribution is 5.66. The number of benzene rings is 1. The van der Waals surface area contributed by atoms with E-state index >= 15 is 0 Å². The number of nitro groups is 1. The van der Waals surface area contributed by atoms with E-state index in [0.717, 1.165) is 7.11 Å². The molecule has 0 saturated heterocycles. The third kappa shape index (κ3) is 4.78. The van der Waals surface area contributed by atoms with Crippen LogP contribution >= 0.6 is 0 Å². The number of carbonyl (C=O) groups excluding carboxylic acids is 1. The van der Waals surface area contributed by atoms with Crippen LogP contribution in [0.2, 0.25) is 0 Å². The standard InChI is InChI=1S/C14H16N2O5/c1-10-8-11(6-5-7-15(2)3)12(16(18)19)9-13(10)21-14(17)20-4/h8-9H,7H2,1-4H3. The summed E-state index contributed by atoms with van der Waals surface area (Å²) in [6, 6.07) is 2.69. The first-order valence-electron chi connectivity index (χ1n) is 6.03. The second-order valence-electron chi connectivity index (χ2n) is 4.49. The van der Waals surface area contributed by atoms with Crippen LogP contribution in [-0.4, -0.2) is 43.7 Å². The topological polar surface area (TPSA) is 81.9 Å². The number of hydrogen-bond acceptors (Lipinski definition) is 6. The summed E-state index contributed by atoms with van der Waals surface area (Å²) in [5.74, 6) is 5.67. The van der Waals surface area contributed by atoms with E-state index in [4.69, 9.17) is 4.74 Å². The van der Waals surface area contributed by atoms with E-state index in [2.05, 4.69) is 16.6 Å². The van der Waals surface area contributed by atoms with Crippen molar-refractivity contribution >= 4 is 11.8 Å². The van der Waals surface area contributed by atoms with Gasteiger partial charge in [-0.25, -0.2) is 4.79 Å². The number of aryl methyl sites for hydroxylation is 1. The molecule has 0 aliphatic carbocycles. The molecule has 1 rings (SSSR count). The second kappa shape index (κ2) is 7.26. The van der Waals surface area contributed by atoms with E-state index in [1.807, 2.05) is 19.0 Å². The molecule has 0 unspecified atom stereocenters. The average molecular weight is 292 g/mol. The van der Waals surface area contributed by atoms with Crippen LogP contribution in [0.4, 0.5) is 10.5 Å². The molecule has 0 N–H and O–H groups in total.